The maximum absolute atomic E-state index is 11.6. The van der Waals surface area contributed by atoms with Crippen LogP contribution >= 0.6 is 11.6 Å². The van der Waals surface area contributed by atoms with Crippen LogP contribution in [0.15, 0.2) is 11.1 Å². The Balaban J connectivity index is 2.09. The fourth-order valence-electron chi connectivity index (χ4n) is 2.20. The third-order valence-electron chi connectivity index (χ3n) is 3.19. The molecule has 0 radical (unpaired) electrons. The molecule has 1 unspecified atom stereocenters. The minimum Gasteiger partial charge on any atom is -0.394 e. The standard InChI is InChI=1S/C10H11ClN4O5/c11-10-13-7-4(8(19)14-10)12-2-15(7)9-6(18)5(17)3(1-16)20-9/h2-3,5-6,9,16-18H,1H2,(H,13,14,19)/t3-,5+,6?,9-/m0/s1. The first kappa shape index (κ1) is 13.5. The zero-order valence-corrected chi connectivity index (χ0v) is 10.7. The molecule has 0 aliphatic carbocycles. The molecular formula is C10H11ClN4O5. The van der Waals surface area contributed by atoms with Crippen LogP contribution in [0.2, 0.25) is 5.28 Å². The van der Waals surface area contributed by atoms with E-state index < -0.39 is 36.7 Å². The number of aliphatic hydroxyl groups is 3. The second kappa shape index (κ2) is 4.79. The Hall–Kier alpha value is -1.52. The molecule has 2 aromatic rings. The lowest BCUT2D eigenvalue weighted by molar-refractivity contribution is -0.0511. The number of hydrogen-bond donors (Lipinski definition) is 4. The van der Waals surface area contributed by atoms with E-state index in [2.05, 4.69) is 15.0 Å². The summed E-state index contributed by atoms with van der Waals surface area (Å²) in [7, 11) is 0. The monoisotopic (exact) mass is 302 g/mol. The Labute approximate surface area is 116 Å². The van der Waals surface area contributed by atoms with E-state index in [-0.39, 0.29) is 16.4 Å². The van der Waals surface area contributed by atoms with Gasteiger partial charge in [0.2, 0.25) is 5.28 Å². The summed E-state index contributed by atoms with van der Waals surface area (Å²) in [5, 5.41) is 28.6. The molecule has 0 spiro atoms. The number of ether oxygens (including phenoxy) is 1. The summed E-state index contributed by atoms with van der Waals surface area (Å²) >= 11 is 5.68. The van der Waals surface area contributed by atoms with Crippen LogP contribution < -0.4 is 5.56 Å². The molecule has 108 valence electrons. The number of aromatic amines is 1. The van der Waals surface area contributed by atoms with Crippen LogP contribution in [-0.4, -0.2) is 59.8 Å². The summed E-state index contributed by atoms with van der Waals surface area (Å²) in [4.78, 5) is 21.7. The van der Waals surface area contributed by atoms with Gasteiger partial charge >= 0.3 is 0 Å². The first-order valence-electron chi connectivity index (χ1n) is 5.77. The average Bonchev–Trinajstić information content (AvgIpc) is 2.93. The fraction of sp³-hybridized carbons (Fsp3) is 0.500. The Morgan fingerprint density at radius 3 is 2.85 bits per heavy atom. The molecule has 4 atom stereocenters. The van der Waals surface area contributed by atoms with Gasteiger partial charge < -0.3 is 20.1 Å². The largest absolute Gasteiger partial charge is 0.394 e. The number of halogens is 1. The Morgan fingerprint density at radius 1 is 1.45 bits per heavy atom. The smallest absolute Gasteiger partial charge is 0.280 e. The number of imidazole rings is 1. The van der Waals surface area contributed by atoms with Gasteiger partial charge in [-0.15, -0.1) is 0 Å². The van der Waals surface area contributed by atoms with E-state index in [9.17, 15) is 15.0 Å². The average molecular weight is 303 g/mol. The van der Waals surface area contributed by atoms with Gasteiger partial charge in [0.15, 0.2) is 17.4 Å². The molecule has 3 heterocycles. The lowest BCUT2D eigenvalue weighted by Crippen LogP contribution is -2.33. The lowest BCUT2D eigenvalue weighted by atomic mass is 10.1. The molecule has 1 fully saturated rings. The minimum atomic E-state index is -1.29. The molecular weight excluding hydrogens is 292 g/mol. The number of rotatable bonds is 2. The fourth-order valence-corrected chi connectivity index (χ4v) is 2.36. The van der Waals surface area contributed by atoms with Gasteiger partial charge in [0.05, 0.1) is 12.9 Å². The van der Waals surface area contributed by atoms with Gasteiger partial charge in [0.1, 0.15) is 18.3 Å². The second-order valence-electron chi connectivity index (χ2n) is 4.41. The van der Waals surface area contributed by atoms with Crippen molar-refractivity contribution in [1.82, 2.24) is 19.5 Å². The van der Waals surface area contributed by atoms with Crippen LogP contribution in [-0.2, 0) is 4.74 Å². The third kappa shape index (κ3) is 1.91. The van der Waals surface area contributed by atoms with Crippen molar-refractivity contribution < 1.29 is 20.1 Å². The van der Waals surface area contributed by atoms with Gasteiger partial charge in [-0.25, -0.2) is 4.98 Å². The highest BCUT2D eigenvalue weighted by Crippen LogP contribution is 2.30. The van der Waals surface area contributed by atoms with E-state index in [1.165, 1.54) is 10.9 Å². The molecule has 9 nitrogen and oxygen atoms in total. The molecule has 0 bridgehead atoms. The van der Waals surface area contributed by atoms with Gasteiger partial charge in [-0.05, 0) is 11.6 Å². The molecule has 1 saturated heterocycles. The predicted octanol–water partition coefficient (Wildman–Crippen LogP) is -1.62. The normalized spacial score (nSPS) is 30.2. The Morgan fingerprint density at radius 2 is 2.20 bits per heavy atom. The number of hydrogen-bond acceptors (Lipinski definition) is 7. The van der Waals surface area contributed by atoms with Gasteiger partial charge in [0.25, 0.3) is 5.56 Å². The van der Waals surface area contributed by atoms with E-state index in [1.54, 1.807) is 0 Å². The number of nitrogens with zero attached hydrogens (tertiary/aromatic N) is 3. The van der Waals surface area contributed by atoms with E-state index in [1.807, 2.05) is 0 Å². The highest BCUT2D eigenvalue weighted by Gasteiger charge is 2.44. The zero-order valence-electron chi connectivity index (χ0n) is 9.97. The summed E-state index contributed by atoms with van der Waals surface area (Å²) in [6.45, 7) is -0.448. The minimum absolute atomic E-state index is 0.0344. The van der Waals surface area contributed by atoms with Gasteiger partial charge in [-0.2, -0.15) is 4.98 Å². The Bertz CT molecular complexity index is 701. The quantitative estimate of drug-likeness (QED) is 0.490. The molecule has 1 aliphatic rings. The van der Waals surface area contributed by atoms with Crippen LogP contribution in [0, 0.1) is 0 Å². The first-order valence-corrected chi connectivity index (χ1v) is 6.15. The second-order valence-corrected chi connectivity index (χ2v) is 4.77. The number of H-pyrrole nitrogens is 1. The number of fused-ring (bicyclic) bond motifs is 1. The van der Waals surface area contributed by atoms with Crippen molar-refractivity contribution in [1.29, 1.82) is 0 Å². The number of aromatic nitrogens is 4. The van der Waals surface area contributed by atoms with Crippen LogP contribution in [0.3, 0.4) is 0 Å². The first-order chi connectivity index (χ1) is 9.52. The highest BCUT2D eigenvalue weighted by molar-refractivity contribution is 6.28. The van der Waals surface area contributed by atoms with Crippen LogP contribution in [0.25, 0.3) is 11.2 Å². The predicted molar refractivity (Wildman–Crippen MR) is 66.2 cm³/mol. The van der Waals surface area contributed by atoms with E-state index in [0.717, 1.165) is 0 Å². The maximum atomic E-state index is 11.6. The SMILES string of the molecule is O=c1[nH]c(Cl)nc2c1ncn2[C@H]1O[C@@H](CO)[C@@H](O)C1O. The van der Waals surface area contributed by atoms with Crippen molar-refractivity contribution in [3.8, 4) is 0 Å². The molecule has 20 heavy (non-hydrogen) atoms. The third-order valence-corrected chi connectivity index (χ3v) is 3.37. The molecule has 0 amide bonds. The molecule has 4 N–H and O–H groups in total. The van der Waals surface area contributed by atoms with Crippen molar-refractivity contribution in [2.24, 2.45) is 0 Å². The van der Waals surface area contributed by atoms with Crippen molar-refractivity contribution >= 4 is 22.8 Å². The highest BCUT2D eigenvalue weighted by atomic mass is 35.5. The number of aliphatic hydroxyl groups excluding tert-OH is 3. The molecule has 0 saturated carbocycles. The zero-order chi connectivity index (χ0) is 14.4. The molecule has 10 heteroatoms. The van der Waals surface area contributed by atoms with Crippen LogP contribution in [0.5, 0.6) is 0 Å². The van der Waals surface area contributed by atoms with Crippen molar-refractivity contribution in [2.45, 2.75) is 24.5 Å². The van der Waals surface area contributed by atoms with Gasteiger partial charge in [-0.1, -0.05) is 0 Å². The van der Waals surface area contributed by atoms with Crippen LogP contribution in [0.1, 0.15) is 6.23 Å². The summed E-state index contributed by atoms with van der Waals surface area (Å²) in [6, 6.07) is 0. The van der Waals surface area contributed by atoms with Crippen molar-refractivity contribution in [3.63, 3.8) is 0 Å². The summed E-state index contributed by atoms with van der Waals surface area (Å²) in [5.41, 5.74) is -0.369. The van der Waals surface area contributed by atoms with E-state index in [4.69, 9.17) is 21.4 Å². The molecule has 0 aromatic carbocycles. The number of nitrogens with one attached hydrogen (secondary N) is 1. The summed E-state index contributed by atoms with van der Waals surface area (Å²) in [5.74, 6) is 0. The van der Waals surface area contributed by atoms with E-state index >= 15 is 0 Å². The molecule has 2 aromatic heterocycles. The molecule has 1 aliphatic heterocycles. The van der Waals surface area contributed by atoms with Gasteiger partial charge in [-0.3, -0.25) is 14.3 Å². The van der Waals surface area contributed by atoms with Gasteiger partial charge in [0, 0.05) is 0 Å². The molecule has 3 rings (SSSR count). The van der Waals surface area contributed by atoms with Crippen LogP contribution in [0.4, 0.5) is 0 Å². The maximum Gasteiger partial charge on any atom is 0.280 e. The topological polar surface area (TPSA) is 133 Å². The summed E-state index contributed by atoms with van der Waals surface area (Å²) < 4.78 is 6.64. The summed E-state index contributed by atoms with van der Waals surface area (Å²) in [6.07, 6.45) is -3.23. The van der Waals surface area contributed by atoms with E-state index in [0.29, 0.717) is 0 Å². The lowest BCUT2D eigenvalue weighted by Gasteiger charge is -2.16. The van der Waals surface area contributed by atoms with Crippen molar-refractivity contribution in [3.05, 3.63) is 22.0 Å². The van der Waals surface area contributed by atoms with Crippen molar-refractivity contribution in [2.75, 3.05) is 6.61 Å². The Kier molecular flexibility index (Phi) is 3.22.